The van der Waals surface area contributed by atoms with E-state index >= 15 is 0 Å². The number of nitrogens with zero attached hydrogens (tertiary/aromatic N) is 1. The summed E-state index contributed by atoms with van der Waals surface area (Å²) < 4.78 is 14.0. The van der Waals surface area contributed by atoms with E-state index in [1.807, 2.05) is 44.0 Å². The second-order valence-electron chi connectivity index (χ2n) is 5.67. The smallest absolute Gasteiger partial charge is 0.173 e. The Bertz CT molecular complexity index is 554. The molecule has 0 N–H and O–H groups in total. The summed E-state index contributed by atoms with van der Waals surface area (Å²) in [7, 11) is 2.06. The molecular weight excluding hydrogens is 248 g/mol. The molecule has 0 saturated heterocycles. The van der Waals surface area contributed by atoms with E-state index in [0.717, 1.165) is 24.1 Å². The van der Waals surface area contributed by atoms with Gasteiger partial charge in [0.1, 0.15) is 5.82 Å². The van der Waals surface area contributed by atoms with Crippen molar-refractivity contribution in [2.45, 2.75) is 26.7 Å². The van der Waals surface area contributed by atoms with E-state index in [1.54, 1.807) is 6.07 Å². The summed E-state index contributed by atoms with van der Waals surface area (Å²) in [5, 5.41) is 0. The molecule has 0 aliphatic heterocycles. The molecule has 0 atom stereocenters. The van der Waals surface area contributed by atoms with E-state index in [1.165, 1.54) is 5.56 Å². The summed E-state index contributed by atoms with van der Waals surface area (Å²) >= 11 is 0. The highest BCUT2D eigenvalue weighted by atomic mass is 19.1. The zero-order chi connectivity index (χ0) is 14.5. The van der Waals surface area contributed by atoms with Gasteiger partial charge in [0, 0.05) is 13.1 Å². The fourth-order valence-electron chi connectivity index (χ4n) is 2.40. The van der Waals surface area contributed by atoms with Crippen molar-refractivity contribution in [1.29, 1.82) is 0 Å². The van der Waals surface area contributed by atoms with Crippen molar-refractivity contribution < 1.29 is 4.39 Å². The molecule has 0 heterocycles. The number of hydrogen-bond acceptors (Lipinski definition) is 1. The molecule has 0 unspecified atom stereocenters. The molecule has 0 aliphatic rings. The number of halogens is 1. The van der Waals surface area contributed by atoms with Gasteiger partial charge in [-0.05, 0) is 29.7 Å². The highest BCUT2D eigenvalue weighted by molar-refractivity contribution is 6.70. The number of rotatable bonds is 5. The quantitative estimate of drug-likeness (QED) is 0.752. The topological polar surface area (TPSA) is 3.24 Å². The monoisotopic (exact) mass is 269 g/mol. The summed E-state index contributed by atoms with van der Waals surface area (Å²) in [5.41, 5.74) is 3.08. The van der Waals surface area contributed by atoms with Crippen LogP contribution in [0.4, 0.5) is 4.39 Å². The molecular formula is C17H21BFN. The van der Waals surface area contributed by atoms with Crippen LogP contribution in [0.25, 0.3) is 0 Å². The molecule has 1 nitrogen and oxygen atoms in total. The Balaban J connectivity index is 2.01. The Kier molecular flexibility index (Phi) is 4.97. The first-order chi connectivity index (χ1) is 9.56. The first-order valence-electron chi connectivity index (χ1n) is 7.07. The molecule has 20 heavy (non-hydrogen) atoms. The zero-order valence-corrected chi connectivity index (χ0v) is 12.4. The summed E-state index contributed by atoms with van der Waals surface area (Å²) in [5.74, 6) is -0.0920. The second-order valence-corrected chi connectivity index (χ2v) is 5.67. The van der Waals surface area contributed by atoms with E-state index in [4.69, 9.17) is 0 Å². The van der Waals surface area contributed by atoms with Gasteiger partial charge in [0.2, 0.25) is 0 Å². The van der Waals surface area contributed by atoms with Crippen LogP contribution in [0.1, 0.15) is 11.1 Å². The van der Waals surface area contributed by atoms with Crippen LogP contribution >= 0.6 is 0 Å². The minimum atomic E-state index is -0.0920. The van der Waals surface area contributed by atoms with Gasteiger partial charge in [-0.15, -0.1) is 0 Å². The Morgan fingerprint density at radius 1 is 0.950 bits per heavy atom. The van der Waals surface area contributed by atoms with E-state index in [2.05, 4.69) is 24.1 Å². The molecule has 0 aliphatic carbocycles. The van der Waals surface area contributed by atoms with Gasteiger partial charge in [-0.3, -0.25) is 4.90 Å². The van der Waals surface area contributed by atoms with Crippen molar-refractivity contribution in [2.24, 2.45) is 0 Å². The average molecular weight is 269 g/mol. The average Bonchev–Trinajstić information content (AvgIpc) is 2.39. The molecule has 0 amide bonds. The third kappa shape index (κ3) is 3.94. The number of benzene rings is 2. The van der Waals surface area contributed by atoms with Crippen molar-refractivity contribution in [2.75, 3.05) is 7.05 Å². The van der Waals surface area contributed by atoms with Crippen molar-refractivity contribution in [3.63, 3.8) is 0 Å². The van der Waals surface area contributed by atoms with Gasteiger partial charge in [-0.1, -0.05) is 56.1 Å². The first kappa shape index (κ1) is 14.8. The predicted molar refractivity (Wildman–Crippen MR) is 85.1 cm³/mol. The summed E-state index contributed by atoms with van der Waals surface area (Å²) in [6, 6.07) is 15.9. The van der Waals surface area contributed by atoms with Crippen LogP contribution in [0.2, 0.25) is 13.6 Å². The maximum atomic E-state index is 14.0. The fraction of sp³-hybridized carbons (Fsp3) is 0.294. The second kappa shape index (κ2) is 6.71. The Morgan fingerprint density at radius 3 is 2.20 bits per heavy atom. The molecule has 104 valence electrons. The van der Waals surface area contributed by atoms with E-state index in [0.29, 0.717) is 0 Å². The third-order valence-corrected chi connectivity index (χ3v) is 3.43. The maximum absolute atomic E-state index is 14.0. The molecule has 0 radical (unpaired) electrons. The highest BCUT2D eigenvalue weighted by Gasteiger charge is 2.10. The van der Waals surface area contributed by atoms with Crippen molar-refractivity contribution >= 4 is 12.2 Å². The maximum Gasteiger partial charge on any atom is 0.173 e. The van der Waals surface area contributed by atoms with Crippen LogP contribution in [0.3, 0.4) is 0 Å². The van der Waals surface area contributed by atoms with Crippen LogP contribution in [0.5, 0.6) is 0 Å². The SMILES string of the molecule is CB(C)c1ccc(CN(C)Cc2ccccc2)cc1F. The van der Waals surface area contributed by atoms with Crippen LogP contribution < -0.4 is 5.46 Å². The summed E-state index contributed by atoms with van der Waals surface area (Å²) in [6.07, 6.45) is 0. The minimum Gasteiger partial charge on any atom is -0.298 e. The molecule has 0 saturated carbocycles. The molecule has 0 bridgehead atoms. The number of hydrogen-bond donors (Lipinski definition) is 0. The van der Waals surface area contributed by atoms with E-state index in [9.17, 15) is 4.39 Å². The lowest BCUT2D eigenvalue weighted by molar-refractivity contribution is 0.318. The molecule has 3 heteroatoms. The Labute approximate surface area is 121 Å². The third-order valence-electron chi connectivity index (χ3n) is 3.43. The highest BCUT2D eigenvalue weighted by Crippen LogP contribution is 2.09. The Hall–Kier alpha value is -1.61. The minimum absolute atomic E-state index is 0.0920. The van der Waals surface area contributed by atoms with E-state index in [-0.39, 0.29) is 12.5 Å². The van der Waals surface area contributed by atoms with Gasteiger partial charge < -0.3 is 0 Å². The zero-order valence-electron chi connectivity index (χ0n) is 12.4. The van der Waals surface area contributed by atoms with Crippen LogP contribution in [-0.2, 0) is 13.1 Å². The fourth-order valence-corrected chi connectivity index (χ4v) is 2.40. The summed E-state index contributed by atoms with van der Waals surface area (Å²) in [6.45, 7) is 5.88. The lowest BCUT2D eigenvalue weighted by Crippen LogP contribution is -2.26. The van der Waals surface area contributed by atoms with Crippen LogP contribution in [0.15, 0.2) is 48.5 Å². The largest absolute Gasteiger partial charge is 0.298 e. The van der Waals surface area contributed by atoms with E-state index < -0.39 is 0 Å². The van der Waals surface area contributed by atoms with Gasteiger partial charge >= 0.3 is 0 Å². The molecule has 2 aromatic carbocycles. The van der Waals surface area contributed by atoms with Gasteiger partial charge in [-0.25, -0.2) is 4.39 Å². The van der Waals surface area contributed by atoms with Crippen LogP contribution in [-0.4, -0.2) is 18.7 Å². The predicted octanol–water partition coefficient (Wildman–Crippen LogP) is 3.42. The van der Waals surface area contributed by atoms with Crippen molar-refractivity contribution in [3.05, 3.63) is 65.5 Å². The molecule has 0 aromatic heterocycles. The first-order valence-corrected chi connectivity index (χ1v) is 7.07. The molecule has 2 rings (SSSR count). The van der Waals surface area contributed by atoms with Gasteiger partial charge in [0.05, 0.1) is 0 Å². The summed E-state index contributed by atoms with van der Waals surface area (Å²) in [4.78, 5) is 2.19. The van der Waals surface area contributed by atoms with Gasteiger partial charge in [0.25, 0.3) is 0 Å². The van der Waals surface area contributed by atoms with Gasteiger partial charge in [-0.2, -0.15) is 0 Å². The Morgan fingerprint density at radius 2 is 1.60 bits per heavy atom. The lowest BCUT2D eigenvalue weighted by Gasteiger charge is -2.17. The molecule has 0 spiro atoms. The van der Waals surface area contributed by atoms with Crippen molar-refractivity contribution in [1.82, 2.24) is 4.90 Å². The van der Waals surface area contributed by atoms with Gasteiger partial charge in [0.15, 0.2) is 6.71 Å². The van der Waals surface area contributed by atoms with Crippen LogP contribution in [0, 0.1) is 5.82 Å². The molecule has 2 aromatic rings. The van der Waals surface area contributed by atoms with Crippen molar-refractivity contribution in [3.8, 4) is 0 Å². The lowest BCUT2D eigenvalue weighted by atomic mass is 9.49. The molecule has 0 fully saturated rings. The normalized spacial score (nSPS) is 10.8. The standard InChI is InChI=1S/C17H21BFN/c1-18(2)16-10-9-15(11-17(16)19)13-20(3)12-14-7-5-4-6-8-14/h4-11H,12-13H2,1-3H3.